The van der Waals surface area contributed by atoms with Gasteiger partial charge in [-0.25, -0.2) is 0 Å². The lowest BCUT2D eigenvalue weighted by Gasteiger charge is -2.37. The fourth-order valence-electron chi connectivity index (χ4n) is 6.16. The standard InChI is InChI=1S/C24H35BN2O4/c1-15-10-11-18-16(14-15)8-6-5-7-9-19(28)31-25(18)27-22(30)26-20-17-12-13-24(4,21(20)29)23(17,2)3/h10-11,14,17,20-21,29H,5-9,12-13H2,1-4H3,(H2,26,27,30). The highest BCUT2D eigenvalue weighted by atomic mass is 16.5. The van der Waals surface area contributed by atoms with Crippen molar-refractivity contribution in [2.75, 3.05) is 0 Å². The van der Waals surface area contributed by atoms with Crippen LogP contribution in [0.5, 0.6) is 0 Å². The number of amides is 2. The summed E-state index contributed by atoms with van der Waals surface area (Å²) in [6.45, 7) is 8.54. The van der Waals surface area contributed by atoms with Crippen LogP contribution in [0.15, 0.2) is 18.2 Å². The van der Waals surface area contributed by atoms with Crippen LogP contribution < -0.4 is 16.0 Å². The Bertz CT molecular complexity index is 873. The Morgan fingerprint density at radius 3 is 2.65 bits per heavy atom. The minimum absolute atomic E-state index is 0.0443. The van der Waals surface area contributed by atoms with Gasteiger partial charge in [-0.15, -0.1) is 0 Å². The maximum Gasteiger partial charge on any atom is 0.522 e. The van der Waals surface area contributed by atoms with Crippen molar-refractivity contribution in [1.29, 1.82) is 0 Å². The molecule has 168 valence electrons. The third kappa shape index (κ3) is 3.86. The summed E-state index contributed by atoms with van der Waals surface area (Å²) in [4.78, 5) is 25.4. The minimum atomic E-state index is -0.833. The van der Waals surface area contributed by atoms with E-state index < -0.39 is 19.2 Å². The molecule has 2 bridgehead atoms. The Hall–Kier alpha value is -2.02. The molecule has 4 unspecified atom stereocenters. The SMILES string of the molecule is Cc1ccc2c(c1)CCCCCC(=O)OB2NC(=O)NC1C2CCC(C)(C1O)C2(C)C. The topological polar surface area (TPSA) is 87.7 Å². The van der Waals surface area contributed by atoms with E-state index in [1.165, 1.54) is 0 Å². The molecule has 0 radical (unpaired) electrons. The van der Waals surface area contributed by atoms with E-state index in [1.807, 2.05) is 19.1 Å². The summed E-state index contributed by atoms with van der Waals surface area (Å²) in [6.07, 6.45) is 5.41. The molecule has 1 aromatic carbocycles. The number of aliphatic hydroxyl groups excluding tert-OH is 1. The molecular formula is C24H35BN2O4. The van der Waals surface area contributed by atoms with E-state index >= 15 is 0 Å². The molecule has 1 heterocycles. The van der Waals surface area contributed by atoms with Crippen LogP contribution in [-0.2, 0) is 15.9 Å². The molecule has 1 aromatic rings. The van der Waals surface area contributed by atoms with Crippen molar-refractivity contribution in [3.8, 4) is 0 Å². The number of nitrogens with one attached hydrogen (secondary N) is 2. The van der Waals surface area contributed by atoms with Gasteiger partial charge in [0, 0.05) is 11.8 Å². The van der Waals surface area contributed by atoms with Gasteiger partial charge in [-0.2, -0.15) is 0 Å². The predicted octanol–water partition coefficient (Wildman–Crippen LogP) is 2.83. The van der Waals surface area contributed by atoms with E-state index in [1.54, 1.807) is 0 Å². The number of hydrogen-bond acceptors (Lipinski definition) is 4. The second-order valence-corrected chi connectivity index (χ2v) is 10.5. The lowest BCUT2D eigenvalue weighted by molar-refractivity contribution is -0.134. The highest BCUT2D eigenvalue weighted by molar-refractivity contribution is 6.69. The van der Waals surface area contributed by atoms with Crippen LogP contribution in [0, 0.1) is 23.7 Å². The first-order valence-electron chi connectivity index (χ1n) is 11.7. The third-order valence-corrected chi connectivity index (χ3v) is 8.52. The number of aryl methyl sites for hydroxylation is 2. The van der Waals surface area contributed by atoms with Gasteiger partial charge in [-0.1, -0.05) is 51.0 Å². The van der Waals surface area contributed by atoms with Crippen LogP contribution in [0.2, 0.25) is 0 Å². The minimum Gasteiger partial charge on any atom is -0.511 e. The Labute approximate surface area is 185 Å². The van der Waals surface area contributed by atoms with Crippen molar-refractivity contribution in [1.82, 2.24) is 10.5 Å². The molecule has 3 aliphatic rings. The maximum absolute atomic E-state index is 13.0. The van der Waals surface area contributed by atoms with Gasteiger partial charge in [0.25, 0.3) is 5.97 Å². The van der Waals surface area contributed by atoms with E-state index in [4.69, 9.17) is 4.65 Å². The first-order chi connectivity index (χ1) is 14.6. The number of carbonyl (C=O) groups excluding carboxylic acids is 2. The van der Waals surface area contributed by atoms with Gasteiger partial charge in [0.15, 0.2) is 0 Å². The number of fused-ring (bicyclic) bond motifs is 3. The number of carbonyl (C=O) groups is 2. The molecule has 4 atom stereocenters. The zero-order chi connectivity index (χ0) is 22.4. The first kappa shape index (κ1) is 22.2. The maximum atomic E-state index is 13.0. The summed E-state index contributed by atoms with van der Waals surface area (Å²) in [7, 11) is -0.833. The van der Waals surface area contributed by atoms with Crippen LogP contribution in [0.3, 0.4) is 0 Å². The lowest BCUT2D eigenvalue weighted by atomic mass is 9.69. The molecule has 2 aliphatic carbocycles. The van der Waals surface area contributed by atoms with Gasteiger partial charge < -0.3 is 20.3 Å². The number of benzene rings is 1. The third-order valence-electron chi connectivity index (χ3n) is 8.52. The Kier molecular flexibility index (Phi) is 5.84. The van der Waals surface area contributed by atoms with Crippen molar-refractivity contribution in [3.05, 3.63) is 29.3 Å². The van der Waals surface area contributed by atoms with Crippen molar-refractivity contribution < 1.29 is 19.3 Å². The van der Waals surface area contributed by atoms with E-state index in [-0.39, 0.29) is 28.8 Å². The van der Waals surface area contributed by atoms with E-state index in [0.717, 1.165) is 55.1 Å². The second-order valence-electron chi connectivity index (χ2n) is 10.5. The van der Waals surface area contributed by atoms with Crippen molar-refractivity contribution in [2.45, 2.75) is 84.8 Å². The number of aliphatic hydroxyl groups is 1. The normalized spacial score (nSPS) is 32.2. The molecule has 2 fully saturated rings. The van der Waals surface area contributed by atoms with Gasteiger partial charge in [0.05, 0.1) is 12.1 Å². The lowest BCUT2D eigenvalue weighted by Crippen LogP contribution is -2.59. The van der Waals surface area contributed by atoms with Crippen LogP contribution in [0.1, 0.15) is 70.4 Å². The number of urea groups is 1. The zero-order valence-electron chi connectivity index (χ0n) is 19.2. The van der Waals surface area contributed by atoms with Crippen LogP contribution in [0.25, 0.3) is 0 Å². The highest BCUT2D eigenvalue weighted by Crippen LogP contribution is 2.65. The summed E-state index contributed by atoms with van der Waals surface area (Å²) < 4.78 is 5.70. The molecule has 7 heteroatoms. The molecule has 0 aromatic heterocycles. The number of rotatable bonds is 2. The largest absolute Gasteiger partial charge is 0.522 e. The molecule has 0 spiro atoms. The molecular weight excluding hydrogens is 391 g/mol. The summed E-state index contributed by atoms with van der Waals surface area (Å²) in [5.74, 6) is -0.0768. The Morgan fingerprint density at radius 1 is 1.19 bits per heavy atom. The van der Waals surface area contributed by atoms with Crippen molar-refractivity contribution in [3.63, 3.8) is 0 Å². The fraction of sp³-hybridized carbons (Fsp3) is 0.667. The van der Waals surface area contributed by atoms with Gasteiger partial charge in [0.1, 0.15) is 0 Å². The smallest absolute Gasteiger partial charge is 0.511 e. The Balaban J connectivity index is 1.53. The average molecular weight is 426 g/mol. The monoisotopic (exact) mass is 426 g/mol. The quantitative estimate of drug-likeness (QED) is 0.635. The molecule has 1 aliphatic heterocycles. The zero-order valence-corrected chi connectivity index (χ0v) is 19.2. The highest BCUT2D eigenvalue weighted by Gasteiger charge is 2.66. The molecule has 0 saturated heterocycles. The van der Waals surface area contributed by atoms with Gasteiger partial charge >= 0.3 is 13.1 Å². The summed E-state index contributed by atoms with van der Waals surface area (Å²) >= 11 is 0. The van der Waals surface area contributed by atoms with Crippen LogP contribution in [0.4, 0.5) is 4.79 Å². The first-order valence-corrected chi connectivity index (χ1v) is 11.7. The molecule has 31 heavy (non-hydrogen) atoms. The van der Waals surface area contributed by atoms with E-state index in [0.29, 0.717) is 6.42 Å². The van der Waals surface area contributed by atoms with Gasteiger partial charge in [-0.3, -0.25) is 9.59 Å². The molecule has 2 amide bonds. The Morgan fingerprint density at radius 2 is 1.94 bits per heavy atom. The van der Waals surface area contributed by atoms with E-state index in [9.17, 15) is 14.7 Å². The van der Waals surface area contributed by atoms with Crippen LogP contribution >= 0.6 is 0 Å². The molecule has 2 saturated carbocycles. The fourth-order valence-corrected chi connectivity index (χ4v) is 6.16. The average Bonchev–Trinajstić information content (AvgIpc) is 3.01. The predicted molar refractivity (Wildman–Crippen MR) is 121 cm³/mol. The summed E-state index contributed by atoms with van der Waals surface area (Å²) in [6, 6.07) is 5.33. The molecule has 3 N–H and O–H groups in total. The van der Waals surface area contributed by atoms with Gasteiger partial charge in [0.2, 0.25) is 0 Å². The second kappa shape index (κ2) is 8.16. The summed E-state index contributed by atoms with van der Waals surface area (Å²) in [5, 5.41) is 16.9. The van der Waals surface area contributed by atoms with Gasteiger partial charge in [-0.05, 0) is 61.4 Å². The number of hydrogen-bond donors (Lipinski definition) is 3. The van der Waals surface area contributed by atoms with Crippen molar-refractivity contribution >= 4 is 24.5 Å². The van der Waals surface area contributed by atoms with Crippen molar-refractivity contribution in [2.24, 2.45) is 16.7 Å². The van der Waals surface area contributed by atoms with E-state index in [2.05, 4.69) is 37.4 Å². The summed E-state index contributed by atoms with van der Waals surface area (Å²) in [5.41, 5.74) is 2.83. The van der Waals surface area contributed by atoms with Crippen LogP contribution in [-0.4, -0.2) is 36.3 Å². The molecule has 6 nitrogen and oxygen atoms in total. The molecule has 4 rings (SSSR count).